The summed E-state index contributed by atoms with van der Waals surface area (Å²) < 4.78 is 0. The van der Waals surface area contributed by atoms with E-state index in [9.17, 15) is 9.90 Å². The molecule has 1 atom stereocenters. The van der Waals surface area contributed by atoms with Gasteiger partial charge in [-0.15, -0.1) is 0 Å². The summed E-state index contributed by atoms with van der Waals surface area (Å²) in [5, 5.41) is 11.3. The molecule has 0 aromatic heterocycles. The van der Waals surface area contributed by atoms with E-state index in [0.29, 0.717) is 6.42 Å². The van der Waals surface area contributed by atoms with E-state index in [1.165, 1.54) is 0 Å². The van der Waals surface area contributed by atoms with Crippen LogP contribution in [0.5, 0.6) is 0 Å². The highest BCUT2D eigenvalue weighted by Gasteiger charge is 2.19. The summed E-state index contributed by atoms with van der Waals surface area (Å²) in [4.78, 5) is 11.2. The molecule has 2 rings (SSSR count). The molecular weight excluding hydrogens is 200 g/mol. The standard InChI is InChI=1S/C14H14O2/c1-2-11(14(15)16)13-9-5-7-10-6-3-4-8-12(10)13/h3-9,11H,2H2,1H3,(H,15,16)/t11-/m1/s1. The monoisotopic (exact) mass is 214 g/mol. The molecule has 2 aromatic rings. The Morgan fingerprint density at radius 1 is 1.19 bits per heavy atom. The SMILES string of the molecule is CC[C@@H](C(=O)O)c1cccc2ccccc12. The lowest BCUT2D eigenvalue weighted by molar-refractivity contribution is -0.138. The predicted octanol–water partition coefficient (Wildman–Crippen LogP) is 3.42. The van der Waals surface area contributed by atoms with Gasteiger partial charge in [0.25, 0.3) is 0 Å². The molecule has 2 aromatic carbocycles. The van der Waals surface area contributed by atoms with Gasteiger partial charge in [-0.2, -0.15) is 0 Å². The molecule has 0 saturated heterocycles. The largest absolute Gasteiger partial charge is 0.481 e. The van der Waals surface area contributed by atoms with Crippen molar-refractivity contribution in [2.75, 3.05) is 0 Å². The third-order valence-corrected chi connectivity index (χ3v) is 2.91. The lowest BCUT2D eigenvalue weighted by Gasteiger charge is -2.12. The zero-order valence-corrected chi connectivity index (χ0v) is 9.18. The van der Waals surface area contributed by atoms with E-state index in [-0.39, 0.29) is 0 Å². The number of carboxylic acid groups (broad SMARTS) is 1. The Morgan fingerprint density at radius 3 is 2.56 bits per heavy atom. The van der Waals surface area contributed by atoms with Crippen LogP contribution in [0, 0.1) is 0 Å². The van der Waals surface area contributed by atoms with Crippen LogP contribution in [0.3, 0.4) is 0 Å². The second-order valence-corrected chi connectivity index (χ2v) is 3.87. The first-order valence-electron chi connectivity index (χ1n) is 5.44. The number of carbonyl (C=O) groups is 1. The predicted molar refractivity (Wildman–Crippen MR) is 64.6 cm³/mol. The minimum Gasteiger partial charge on any atom is -0.481 e. The van der Waals surface area contributed by atoms with Gasteiger partial charge in [-0.1, -0.05) is 49.4 Å². The Kier molecular flexibility index (Phi) is 2.91. The maximum Gasteiger partial charge on any atom is 0.310 e. The van der Waals surface area contributed by atoms with Crippen LogP contribution in [-0.2, 0) is 4.79 Å². The molecule has 2 heteroatoms. The minimum absolute atomic E-state index is 0.411. The Balaban J connectivity index is 2.63. The highest BCUT2D eigenvalue weighted by molar-refractivity contribution is 5.90. The van der Waals surface area contributed by atoms with Crippen LogP contribution in [0.15, 0.2) is 42.5 Å². The fourth-order valence-corrected chi connectivity index (χ4v) is 2.08. The van der Waals surface area contributed by atoms with Gasteiger partial charge in [-0.25, -0.2) is 0 Å². The quantitative estimate of drug-likeness (QED) is 0.850. The number of rotatable bonds is 3. The second kappa shape index (κ2) is 4.35. The van der Waals surface area contributed by atoms with Gasteiger partial charge in [-0.3, -0.25) is 4.79 Å². The van der Waals surface area contributed by atoms with E-state index in [2.05, 4.69) is 0 Å². The molecule has 1 N–H and O–H groups in total. The average molecular weight is 214 g/mol. The number of aliphatic carboxylic acids is 1. The Bertz CT molecular complexity index is 512. The van der Waals surface area contributed by atoms with Crippen LogP contribution in [-0.4, -0.2) is 11.1 Å². The van der Waals surface area contributed by atoms with Crippen LogP contribution in [0.2, 0.25) is 0 Å². The van der Waals surface area contributed by atoms with Gasteiger partial charge >= 0.3 is 5.97 Å². The summed E-state index contributed by atoms with van der Waals surface area (Å²) in [6.45, 7) is 1.90. The zero-order chi connectivity index (χ0) is 11.5. The normalized spacial score (nSPS) is 12.6. The lowest BCUT2D eigenvalue weighted by Crippen LogP contribution is -2.10. The summed E-state index contributed by atoms with van der Waals surface area (Å²) in [6.07, 6.45) is 0.614. The first-order valence-corrected chi connectivity index (χ1v) is 5.44. The molecular formula is C14H14O2. The molecule has 82 valence electrons. The summed E-state index contributed by atoms with van der Waals surface area (Å²) in [7, 11) is 0. The van der Waals surface area contributed by atoms with E-state index >= 15 is 0 Å². The summed E-state index contributed by atoms with van der Waals surface area (Å²) in [5.41, 5.74) is 0.910. The van der Waals surface area contributed by atoms with Crippen molar-refractivity contribution >= 4 is 16.7 Å². The Morgan fingerprint density at radius 2 is 1.88 bits per heavy atom. The summed E-state index contributed by atoms with van der Waals surface area (Å²) in [5.74, 6) is -1.16. The van der Waals surface area contributed by atoms with E-state index in [1.807, 2.05) is 49.4 Å². The average Bonchev–Trinajstić information content (AvgIpc) is 2.30. The fourth-order valence-electron chi connectivity index (χ4n) is 2.08. The molecule has 2 nitrogen and oxygen atoms in total. The number of hydrogen-bond donors (Lipinski definition) is 1. The zero-order valence-electron chi connectivity index (χ0n) is 9.18. The van der Waals surface area contributed by atoms with Crippen LogP contribution in [0.1, 0.15) is 24.8 Å². The smallest absolute Gasteiger partial charge is 0.310 e. The van der Waals surface area contributed by atoms with Crippen molar-refractivity contribution in [2.45, 2.75) is 19.3 Å². The van der Waals surface area contributed by atoms with E-state index in [4.69, 9.17) is 0 Å². The molecule has 0 spiro atoms. The molecule has 0 heterocycles. The Labute approximate surface area is 94.5 Å². The van der Waals surface area contributed by atoms with Crippen molar-refractivity contribution in [1.29, 1.82) is 0 Å². The Hall–Kier alpha value is -1.83. The van der Waals surface area contributed by atoms with E-state index in [0.717, 1.165) is 16.3 Å². The van der Waals surface area contributed by atoms with Gasteiger partial charge in [0.15, 0.2) is 0 Å². The molecule has 0 radical (unpaired) electrons. The van der Waals surface area contributed by atoms with Crippen molar-refractivity contribution in [3.63, 3.8) is 0 Å². The van der Waals surface area contributed by atoms with Crippen molar-refractivity contribution in [1.82, 2.24) is 0 Å². The summed E-state index contributed by atoms with van der Waals surface area (Å²) >= 11 is 0. The third-order valence-electron chi connectivity index (χ3n) is 2.91. The highest BCUT2D eigenvalue weighted by atomic mass is 16.4. The van der Waals surface area contributed by atoms with Crippen molar-refractivity contribution in [3.05, 3.63) is 48.0 Å². The van der Waals surface area contributed by atoms with Gasteiger partial charge in [-0.05, 0) is 22.8 Å². The molecule has 0 aliphatic rings. The van der Waals surface area contributed by atoms with Crippen molar-refractivity contribution < 1.29 is 9.90 Å². The van der Waals surface area contributed by atoms with E-state index < -0.39 is 11.9 Å². The molecule has 16 heavy (non-hydrogen) atoms. The van der Waals surface area contributed by atoms with Crippen LogP contribution < -0.4 is 0 Å². The highest BCUT2D eigenvalue weighted by Crippen LogP contribution is 2.27. The first kappa shape index (κ1) is 10.7. The number of hydrogen-bond acceptors (Lipinski definition) is 1. The maximum absolute atomic E-state index is 11.2. The molecule has 0 aliphatic carbocycles. The molecule has 0 amide bonds. The first-order chi connectivity index (χ1) is 7.74. The molecule has 0 saturated carbocycles. The van der Waals surface area contributed by atoms with Crippen molar-refractivity contribution in [2.24, 2.45) is 0 Å². The van der Waals surface area contributed by atoms with Gasteiger partial charge in [0.2, 0.25) is 0 Å². The van der Waals surface area contributed by atoms with Gasteiger partial charge in [0.05, 0.1) is 5.92 Å². The van der Waals surface area contributed by atoms with E-state index in [1.54, 1.807) is 0 Å². The summed E-state index contributed by atoms with van der Waals surface area (Å²) in [6, 6.07) is 13.7. The third kappa shape index (κ3) is 1.78. The second-order valence-electron chi connectivity index (χ2n) is 3.87. The molecule has 0 bridgehead atoms. The maximum atomic E-state index is 11.2. The van der Waals surface area contributed by atoms with Gasteiger partial charge in [0, 0.05) is 0 Å². The topological polar surface area (TPSA) is 37.3 Å². The van der Waals surface area contributed by atoms with Gasteiger partial charge < -0.3 is 5.11 Å². The molecule has 0 fully saturated rings. The molecule has 0 aliphatic heterocycles. The number of benzene rings is 2. The fraction of sp³-hybridized carbons (Fsp3) is 0.214. The minimum atomic E-state index is -0.751. The number of fused-ring (bicyclic) bond motifs is 1. The number of carboxylic acids is 1. The van der Waals surface area contributed by atoms with Crippen LogP contribution >= 0.6 is 0 Å². The van der Waals surface area contributed by atoms with Crippen LogP contribution in [0.4, 0.5) is 0 Å². The lowest BCUT2D eigenvalue weighted by atomic mass is 9.92. The van der Waals surface area contributed by atoms with Crippen molar-refractivity contribution in [3.8, 4) is 0 Å². The van der Waals surface area contributed by atoms with Crippen LogP contribution in [0.25, 0.3) is 10.8 Å². The van der Waals surface area contributed by atoms with Gasteiger partial charge in [0.1, 0.15) is 0 Å². The molecule has 0 unspecified atom stereocenters.